The molecule has 2 aliphatic rings. The SMILES string of the molecule is COc1cc(NC(=O)c2sc3ncnc4c3c2NC(=O)N4c2ccc(OCc3ccccn3)c(Cl)c2)ccc1OCCN1CCOCC1. The van der Waals surface area contributed by atoms with Gasteiger partial charge in [0.25, 0.3) is 5.91 Å². The average Bonchev–Trinajstić information content (AvgIpc) is 3.48. The van der Waals surface area contributed by atoms with Crippen molar-refractivity contribution in [2.24, 2.45) is 0 Å². The Balaban J connectivity index is 1.08. The van der Waals surface area contributed by atoms with E-state index in [4.69, 9.17) is 30.5 Å². The Hall–Kier alpha value is -5.02. The summed E-state index contributed by atoms with van der Waals surface area (Å²) in [6, 6.07) is 15.3. The molecule has 246 valence electrons. The number of hydrogen-bond acceptors (Lipinski definition) is 11. The smallest absolute Gasteiger partial charge is 0.332 e. The summed E-state index contributed by atoms with van der Waals surface area (Å²) in [5, 5.41) is 6.62. The van der Waals surface area contributed by atoms with Crippen LogP contribution in [0.15, 0.2) is 67.1 Å². The second-order valence-corrected chi connectivity index (χ2v) is 12.2. The summed E-state index contributed by atoms with van der Waals surface area (Å²) in [6.45, 7) is 4.70. The number of hydrogen-bond donors (Lipinski definition) is 2. The summed E-state index contributed by atoms with van der Waals surface area (Å²) in [5.74, 6) is 1.40. The van der Waals surface area contributed by atoms with E-state index in [0.29, 0.717) is 62.0 Å². The molecule has 7 rings (SSSR count). The van der Waals surface area contributed by atoms with Crippen molar-refractivity contribution in [2.45, 2.75) is 6.61 Å². The topological polar surface area (TPSA) is 140 Å². The van der Waals surface area contributed by atoms with Crippen molar-refractivity contribution in [1.29, 1.82) is 0 Å². The standard InChI is InChI=1S/C33H30ClN7O6S/c1-44-26-16-20(5-7-25(26)46-15-12-40-10-13-45-14-11-40)38-31(42)29-28-27-30(36-19-37-32(27)48-29)41(33(43)39-28)22-6-8-24(23(34)17-22)47-18-21-4-2-3-9-35-21/h2-9,16-17,19H,10-15,18H2,1H3,(H,38,42)(H,39,43). The molecule has 0 aliphatic carbocycles. The summed E-state index contributed by atoms with van der Waals surface area (Å²) >= 11 is 7.72. The molecule has 13 nitrogen and oxygen atoms in total. The molecule has 0 atom stereocenters. The number of anilines is 4. The maximum Gasteiger partial charge on any atom is 0.332 e. The first-order chi connectivity index (χ1) is 23.5. The maximum atomic E-state index is 13.6. The van der Waals surface area contributed by atoms with Crippen LogP contribution in [0.1, 0.15) is 15.4 Å². The Morgan fingerprint density at radius 1 is 1.04 bits per heavy atom. The predicted molar refractivity (Wildman–Crippen MR) is 182 cm³/mol. The number of amides is 3. The van der Waals surface area contributed by atoms with Crippen LogP contribution in [0.3, 0.4) is 0 Å². The van der Waals surface area contributed by atoms with Crippen LogP contribution < -0.4 is 29.7 Å². The molecule has 0 bridgehead atoms. The van der Waals surface area contributed by atoms with Gasteiger partial charge >= 0.3 is 6.03 Å². The minimum absolute atomic E-state index is 0.236. The Bertz CT molecular complexity index is 1970. The lowest BCUT2D eigenvalue weighted by Crippen LogP contribution is -2.38. The number of urea groups is 1. The third kappa shape index (κ3) is 6.55. The first kappa shape index (κ1) is 31.6. The van der Waals surface area contributed by atoms with E-state index in [1.807, 2.05) is 18.2 Å². The van der Waals surface area contributed by atoms with Crippen molar-refractivity contribution >= 4 is 68.0 Å². The molecule has 5 aromatic rings. The zero-order valence-electron chi connectivity index (χ0n) is 25.8. The van der Waals surface area contributed by atoms with Crippen molar-refractivity contribution in [3.05, 3.63) is 82.7 Å². The molecule has 2 aromatic carbocycles. The molecule has 0 radical (unpaired) electrons. The minimum Gasteiger partial charge on any atom is -0.493 e. The van der Waals surface area contributed by atoms with E-state index in [-0.39, 0.29) is 11.5 Å². The normalized spacial score (nSPS) is 14.5. The molecule has 1 saturated heterocycles. The van der Waals surface area contributed by atoms with Gasteiger partial charge in [0.05, 0.1) is 47.8 Å². The quantitative estimate of drug-likeness (QED) is 0.171. The van der Waals surface area contributed by atoms with E-state index in [0.717, 1.165) is 49.9 Å². The van der Waals surface area contributed by atoms with Crippen molar-refractivity contribution in [2.75, 3.05) is 62.1 Å². The summed E-state index contributed by atoms with van der Waals surface area (Å²) in [6.07, 6.45) is 3.05. The molecule has 3 aromatic heterocycles. The van der Waals surface area contributed by atoms with Crippen LogP contribution in [-0.2, 0) is 11.3 Å². The van der Waals surface area contributed by atoms with Crippen molar-refractivity contribution in [3.8, 4) is 17.2 Å². The van der Waals surface area contributed by atoms with E-state index in [2.05, 4.69) is 30.5 Å². The number of rotatable bonds is 11. The van der Waals surface area contributed by atoms with Gasteiger partial charge in [-0.3, -0.25) is 14.7 Å². The molecule has 2 N–H and O–H groups in total. The fraction of sp³-hybridized carbons (Fsp3) is 0.242. The highest BCUT2D eigenvalue weighted by molar-refractivity contribution is 7.21. The number of ether oxygens (including phenoxy) is 4. The minimum atomic E-state index is -0.506. The number of pyridine rings is 1. The second kappa shape index (κ2) is 14.0. The number of halogens is 1. The van der Waals surface area contributed by atoms with E-state index in [1.165, 1.54) is 11.2 Å². The first-order valence-corrected chi connectivity index (χ1v) is 16.3. The molecular weight excluding hydrogens is 658 g/mol. The van der Waals surface area contributed by atoms with E-state index < -0.39 is 11.9 Å². The van der Waals surface area contributed by atoms with Gasteiger partial charge in [0.1, 0.15) is 35.0 Å². The lowest BCUT2D eigenvalue weighted by atomic mass is 10.2. The molecule has 3 amide bonds. The number of methoxy groups -OCH3 is 1. The van der Waals surface area contributed by atoms with Crippen LogP contribution in [0.25, 0.3) is 10.2 Å². The molecule has 1 fully saturated rings. The number of carbonyl (C=O) groups excluding carboxylic acids is 2. The van der Waals surface area contributed by atoms with Gasteiger partial charge in [0.2, 0.25) is 0 Å². The predicted octanol–water partition coefficient (Wildman–Crippen LogP) is 5.97. The fourth-order valence-electron chi connectivity index (χ4n) is 5.41. The highest BCUT2D eigenvalue weighted by Gasteiger charge is 2.34. The summed E-state index contributed by atoms with van der Waals surface area (Å²) < 4.78 is 22.8. The summed E-state index contributed by atoms with van der Waals surface area (Å²) in [7, 11) is 1.54. The number of carbonyl (C=O) groups is 2. The van der Waals surface area contributed by atoms with Gasteiger partial charge in [0.15, 0.2) is 17.3 Å². The number of morpholine rings is 1. The lowest BCUT2D eigenvalue weighted by Gasteiger charge is -2.27. The van der Waals surface area contributed by atoms with Crippen LogP contribution in [0.4, 0.5) is 27.7 Å². The highest BCUT2D eigenvalue weighted by Crippen LogP contribution is 2.45. The van der Waals surface area contributed by atoms with Gasteiger partial charge < -0.3 is 29.6 Å². The Kier molecular flexibility index (Phi) is 9.20. The van der Waals surface area contributed by atoms with E-state index in [9.17, 15) is 9.59 Å². The molecule has 5 heterocycles. The number of nitrogens with zero attached hydrogens (tertiary/aromatic N) is 5. The fourth-order valence-corrected chi connectivity index (χ4v) is 6.63. The number of thiophene rings is 1. The van der Waals surface area contributed by atoms with Crippen molar-refractivity contribution in [3.63, 3.8) is 0 Å². The van der Waals surface area contributed by atoms with Gasteiger partial charge in [-0.1, -0.05) is 17.7 Å². The van der Waals surface area contributed by atoms with Crippen LogP contribution >= 0.6 is 22.9 Å². The summed E-state index contributed by atoms with van der Waals surface area (Å²) in [5.41, 5.74) is 2.05. The zero-order chi connectivity index (χ0) is 33.0. The Morgan fingerprint density at radius 2 is 1.90 bits per heavy atom. The average molecular weight is 688 g/mol. The van der Waals surface area contributed by atoms with Crippen molar-refractivity contribution in [1.82, 2.24) is 19.9 Å². The molecular formula is C33H30ClN7O6S. The molecule has 0 saturated carbocycles. The number of nitrogens with one attached hydrogen (secondary N) is 2. The maximum absolute atomic E-state index is 13.6. The Morgan fingerprint density at radius 3 is 2.69 bits per heavy atom. The molecule has 2 aliphatic heterocycles. The van der Waals surface area contributed by atoms with E-state index >= 15 is 0 Å². The molecule has 48 heavy (non-hydrogen) atoms. The third-order valence-corrected chi connectivity index (χ3v) is 9.18. The van der Waals surface area contributed by atoms with Crippen LogP contribution in [0.5, 0.6) is 17.2 Å². The molecule has 0 unspecified atom stereocenters. The zero-order valence-corrected chi connectivity index (χ0v) is 27.3. The van der Waals surface area contributed by atoms with Crippen molar-refractivity contribution < 1.29 is 28.5 Å². The molecule has 15 heteroatoms. The van der Waals surface area contributed by atoms with Gasteiger partial charge in [0, 0.05) is 37.6 Å². The van der Waals surface area contributed by atoms with E-state index in [1.54, 1.807) is 49.7 Å². The van der Waals surface area contributed by atoms with Crippen LogP contribution in [0.2, 0.25) is 5.02 Å². The Labute approximate surface area is 284 Å². The van der Waals surface area contributed by atoms with Crippen LogP contribution in [0, 0.1) is 0 Å². The molecule has 0 spiro atoms. The van der Waals surface area contributed by atoms with Gasteiger partial charge in [-0.15, -0.1) is 11.3 Å². The summed E-state index contributed by atoms with van der Waals surface area (Å²) in [4.78, 5) is 44.7. The number of aromatic nitrogens is 3. The first-order valence-electron chi connectivity index (χ1n) is 15.1. The van der Waals surface area contributed by atoms with Gasteiger partial charge in [-0.25, -0.2) is 19.7 Å². The lowest BCUT2D eigenvalue weighted by molar-refractivity contribution is 0.0321. The highest BCUT2D eigenvalue weighted by atomic mass is 35.5. The second-order valence-electron chi connectivity index (χ2n) is 10.8. The largest absolute Gasteiger partial charge is 0.493 e. The van der Waals surface area contributed by atoms with Gasteiger partial charge in [-0.05, 0) is 42.5 Å². The van der Waals surface area contributed by atoms with Crippen LogP contribution in [-0.4, -0.2) is 78.4 Å². The number of benzene rings is 2. The monoisotopic (exact) mass is 687 g/mol. The third-order valence-electron chi connectivity index (χ3n) is 7.79. The van der Waals surface area contributed by atoms with Gasteiger partial charge in [-0.2, -0.15) is 0 Å².